The normalized spacial score (nSPS) is 17.0. The summed E-state index contributed by atoms with van der Waals surface area (Å²) in [5.41, 5.74) is 4.46. The van der Waals surface area contributed by atoms with E-state index in [9.17, 15) is 9.18 Å². The van der Waals surface area contributed by atoms with Gasteiger partial charge < -0.3 is 15.0 Å². The summed E-state index contributed by atoms with van der Waals surface area (Å²) in [5, 5.41) is 5.55. The number of morpholine rings is 1. The molecular formula is C23H23FN2O2. The number of hydrogen-bond acceptors (Lipinski definition) is 3. The van der Waals surface area contributed by atoms with Crippen LogP contribution in [0.4, 0.5) is 15.8 Å². The van der Waals surface area contributed by atoms with Crippen LogP contribution in [0.1, 0.15) is 22.8 Å². The Morgan fingerprint density at radius 1 is 1.11 bits per heavy atom. The molecule has 3 aromatic carbocycles. The number of halogens is 1. The number of carbonyl (C=O) groups is 1. The topological polar surface area (TPSA) is 41.6 Å². The molecule has 0 spiro atoms. The Bertz CT molecular complexity index is 1030. The Morgan fingerprint density at radius 2 is 1.93 bits per heavy atom. The molecule has 0 aliphatic carbocycles. The lowest BCUT2D eigenvalue weighted by atomic mass is 9.94. The van der Waals surface area contributed by atoms with E-state index in [0.29, 0.717) is 25.3 Å². The molecule has 0 radical (unpaired) electrons. The van der Waals surface area contributed by atoms with Gasteiger partial charge >= 0.3 is 0 Å². The molecule has 4 rings (SSSR count). The summed E-state index contributed by atoms with van der Waals surface area (Å²) in [6.45, 7) is 5.53. The molecule has 1 amide bonds. The molecule has 1 unspecified atom stereocenters. The van der Waals surface area contributed by atoms with Crippen molar-refractivity contribution in [1.82, 2.24) is 4.90 Å². The molecule has 3 aromatic rings. The number of anilines is 2. The van der Waals surface area contributed by atoms with Crippen LogP contribution in [-0.4, -0.2) is 31.0 Å². The minimum absolute atomic E-state index is 0.160. The summed E-state index contributed by atoms with van der Waals surface area (Å²) in [6.07, 6.45) is 0.722. The van der Waals surface area contributed by atoms with Crippen molar-refractivity contribution in [1.29, 1.82) is 0 Å². The largest absolute Gasteiger partial charge is 0.370 e. The van der Waals surface area contributed by atoms with Gasteiger partial charge in [0, 0.05) is 28.9 Å². The fourth-order valence-corrected chi connectivity index (χ4v) is 3.84. The van der Waals surface area contributed by atoms with Gasteiger partial charge in [-0.1, -0.05) is 30.3 Å². The van der Waals surface area contributed by atoms with Crippen molar-refractivity contribution in [3.8, 4) is 0 Å². The van der Waals surface area contributed by atoms with E-state index in [1.807, 2.05) is 24.3 Å². The highest BCUT2D eigenvalue weighted by molar-refractivity contribution is 5.99. The van der Waals surface area contributed by atoms with Crippen LogP contribution >= 0.6 is 0 Å². The summed E-state index contributed by atoms with van der Waals surface area (Å²) in [6, 6.07) is 15.2. The van der Waals surface area contributed by atoms with Crippen LogP contribution in [-0.2, 0) is 9.53 Å². The number of hydrogen-bond donors (Lipinski definition) is 1. The molecule has 28 heavy (non-hydrogen) atoms. The first-order chi connectivity index (χ1) is 13.6. The number of nitrogens with one attached hydrogen (secondary N) is 1. The summed E-state index contributed by atoms with van der Waals surface area (Å²) in [4.78, 5) is 13.0. The van der Waals surface area contributed by atoms with Crippen molar-refractivity contribution in [2.75, 3.05) is 25.0 Å². The summed E-state index contributed by atoms with van der Waals surface area (Å²) in [7, 11) is 0. The third-order valence-corrected chi connectivity index (χ3v) is 5.41. The lowest BCUT2D eigenvalue weighted by Gasteiger charge is -2.31. The van der Waals surface area contributed by atoms with Crippen LogP contribution in [0.25, 0.3) is 10.8 Å². The number of aryl methyl sites for hydroxylation is 1. The van der Waals surface area contributed by atoms with Gasteiger partial charge in [0.2, 0.25) is 6.41 Å². The molecule has 4 nitrogen and oxygen atoms in total. The molecule has 0 saturated carbocycles. The molecule has 1 aliphatic heterocycles. The van der Waals surface area contributed by atoms with E-state index in [4.69, 9.17) is 4.74 Å². The number of carbonyl (C=O) groups excluding carboxylic acids is 1. The Balaban J connectivity index is 1.79. The van der Waals surface area contributed by atoms with Crippen LogP contribution in [0.5, 0.6) is 0 Å². The van der Waals surface area contributed by atoms with E-state index in [1.54, 1.807) is 17.9 Å². The number of rotatable bonds is 4. The molecule has 1 fully saturated rings. The molecule has 1 N–H and O–H groups in total. The molecule has 144 valence electrons. The van der Waals surface area contributed by atoms with E-state index < -0.39 is 0 Å². The van der Waals surface area contributed by atoms with Crippen molar-refractivity contribution < 1.29 is 13.9 Å². The van der Waals surface area contributed by atoms with Crippen molar-refractivity contribution in [3.05, 3.63) is 71.0 Å². The zero-order valence-corrected chi connectivity index (χ0v) is 16.0. The van der Waals surface area contributed by atoms with Gasteiger partial charge in [0.25, 0.3) is 0 Å². The van der Waals surface area contributed by atoms with Crippen molar-refractivity contribution in [2.24, 2.45) is 0 Å². The van der Waals surface area contributed by atoms with Gasteiger partial charge in [-0.05, 0) is 48.6 Å². The smallest absolute Gasteiger partial charge is 0.209 e. The quantitative estimate of drug-likeness (QED) is 0.659. The SMILES string of the molecule is Cc1c(F)cccc1Nc1ccc(C2CN(C=O)CCO2)c2c(C)cccc12. The maximum absolute atomic E-state index is 13.9. The second-order valence-corrected chi connectivity index (χ2v) is 7.20. The summed E-state index contributed by atoms with van der Waals surface area (Å²) < 4.78 is 19.9. The number of fused-ring (bicyclic) bond motifs is 1. The lowest BCUT2D eigenvalue weighted by Crippen LogP contribution is -2.37. The molecule has 1 heterocycles. The zero-order chi connectivity index (χ0) is 19.7. The van der Waals surface area contributed by atoms with Crippen LogP contribution in [0.15, 0.2) is 48.5 Å². The minimum atomic E-state index is -0.230. The Morgan fingerprint density at radius 3 is 2.75 bits per heavy atom. The second kappa shape index (κ2) is 7.60. The van der Waals surface area contributed by atoms with Crippen molar-refractivity contribution >= 4 is 28.6 Å². The first-order valence-corrected chi connectivity index (χ1v) is 9.44. The third kappa shape index (κ3) is 3.34. The average Bonchev–Trinajstić information content (AvgIpc) is 2.72. The average molecular weight is 378 g/mol. The highest BCUT2D eigenvalue weighted by atomic mass is 19.1. The molecule has 1 atom stereocenters. The maximum Gasteiger partial charge on any atom is 0.209 e. The molecule has 1 saturated heterocycles. The van der Waals surface area contributed by atoms with Crippen molar-refractivity contribution in [2.45, 2.75) is 20.0 Å². The van der Waals surface area contributed by atoms with Gasteiger partial charge in [-0.3, -0.25) is 4.79 Å². The van der Waals surface area contributed by atoms with Crippen LogP contribution in [0.2, 0.25) is 0 Å². The van der Waals surface area contributed by atoms with Crippen LogP contribution in [0.3, 0.4) is 0 Å². The summed E-state index contributed by atoms with van der Waals surface area (Å²) >= 11 is 0. The Kier molecular flexibility index (Phi) is 5.01. The van der Waals surface area contributed by atoms with Crippen molar-refractivity contribution in [3.63, 3.8) is 0 Å². The van der Waals surface area contributed by atoms with Crippen LogP contribution in [0, 0.1) is 19.7 Å². The monoisotopic (exact) mass is 378 g/mol. The lowest BCUT2D eigenvalue weighted by molar-refractivity contribution is -0.125. The van der Waals surface area contributed by atoms with Gasteiger partial charge in [-0.15, -0.1) is 0 Å². The standard InChI is InChI=1S/C23H23FN2O2/c1-15-5-3-6-17-21(25-20-8-4-7-19(24)16(20)2)10-9-18(23(15)17)22-13-26(14-27)11-12-28-22/h3-10,14,22,25H,11-13H2,1-2H3. The van der Waals surface area contributed by atoms with E-state index in [1.165, 1.54) is 6.07 Å². The number of benzene rings is 3. The Hall–Kier alpha value is -2.92. The van der Waals surface area contributed by atoms with Gasteiger partial charge in [-0.2, -0.15) is 0 Å². The van der Waals surface area contributed by atoms with Gasteiger partial charge in [0.1, 0.15) is 11.9 Å². The first-order valence-electron chi connectivity index (χ1n) is 9.44. The number of nitrogens with zero attached hydrogens (tertiary/aromatic N) is 1. The predicted octanol–water partition coefficient (Wildman–Crippen LogP) is 4.87. The first kappa shape index (κ1) is 18.4. The summed E-state index contributed by atoms with van der Waals surface area (Å²) in [5.74, 6) is -0.230. The molecular weight excluding hydrogens is 355 g/mol. The molecule has 0 bridgehead atoms. The fraction of sp³-hybridized carbons (Fsp3) is 0.261. The fourth-order valence-electron chi connectivity index (χ4n) is 3.84. The van der Waals surface area contributed by atoms with Gasteiger partial charge in [0.15, 0.2) is 0 Å². The van der Waals surface area contributed by atoms with E-state index in [-0.39, 0.29) is 11.9 Å². The number of ether oxygens (including phenoxy) is 1. The third-order valence-electron chi connectivity index (χ3n) is 5.41. The van der Waals surface area contributed by atoms with Crippen LogP contribution < -0.4 is 5.32 Å². The van der Waals surface area contributed by atoms with E-state index in [0.717, 1.165) is 39.7 Å². The minimum Gasteiger partial charge on any atom is -0.370 e. The van der Waals surface area contributed by atoms with Gasteiger partial charge in [-0.25, -0.2) is 4.39 Å². The highest BCUT2D eigenvalue weighted by Gasteiger charge is 2.24. The predicted molar refractivity (Wildman–Crippen MR) is 109 cm³/mol. The molecule has 1 aliphatic rings. The zero-order valence-electron chi connectivity index (χ0n) is 16.0. The maximum atomic E-state index is 13.9. The van der Waals surface area contributed by atoms with E-state index >= 15 is 0 Å². The van der Waals surface area contributed by atoms with Gasteiger partial charge in [0.05, 0.1) is 13.2 Å². The molecule has 5 heteroatoms. The number of amides is 1. The Labute approximate surface area is 163 Å². The highest BCUT2D eigenvalue weighted by Crippen LogP contribution is 2.36. The second-order valence-electron chi connectivity index (χ2n) is 7.20. The molecule has 0 aromatic heterocycles. The van der Waals surface area contributed by atoms with E-state index in [2.05, 4.69) is 24.4 Å².